The van der Waals surface area contributed by atoms with Crippen molar-refractivity contribution in [3.63, 3.8) is 0 Å². The van der Waals surface area contributed by atoms with E-state index < -0.39 is 0 Å². The van der Waals surface area contributed by atoms with Crippen LogP contribution in [0.2, 0.25) is 0 Å². The number of hydrogen-bond donors (Lipinski definition) is 0. The second kappa shape index (κ2) is 5.97. The summed E-state index contributed by atoms with van der Waals surface area (Å²) in [4.78, 5) is 27.3. The topological polar surface area (TPSA) is 40.6 Å². The van der Waals surface area contributed by atoms with Gasteiger partial charge in [0, 0.05) is 43.3 Å². The van der Waals surface area contributed by atoms with Crippen LogP contribution in [0, 0.1) is 0 Å². The third-order valence-electron chi connectivity index (χ3n) is 3.60. The highest BCUT2D eigenvalue weighted by molar-refractivity contribution is 5.95. The van der Waals surface area contributed by atoms with E-state index >= 15 is 0 Å². The van der Waals surface area contributed by atoms with Gasteiger partial charge >= 0.3 is 0 Å². The van der Waals surface area contributed by atoms with Crippen molar-refractivity contribution in [2.24, 2.45) is 0 Å². The number of nitrogens with zero attached hydrogens (tertiary/aromatic N) is 2. The lowest BCUT2D eigenvalue weighted by atomic mass is 10.1. The molecule has 1 aromatic rings. The molecule has 0 N–H and O–H groups in total. The van der Waals surface area contributed by atoms with Crippen molar-refractivity contribution in [3.05, 3.63) is 35.4 Å². The van der Waals surface area contributed by atoms with E-state index in [0.29, 0.717) is 17.2 Å². The standard InChI is InChI=1S/C15H20N2O2/c1-12(2)16-6-8-17(9-7-16)15(19)14-5-3-4-13(10-14)11-18/h3-5,10-12H,6-9H2,1-2H3. The molecule has 1 amide bonds. The van der Waals surface area contributed by atoms with Gasteiger partial charge in [0.25, 0.3) is 5.91 Å². The van der Waals surface area contributed by atoms with Crippen LogP contribution >= 0.6 is 0 Å². The van der Waals surface area contributed by atoms with Crippen molar-refractivity contribution < 1.29 is 9.59 Å². The van der Waals surface area contributed by atoms with E-state index in [9.17, 15) is 9.59 Å². The minimum atomic E-state index is 0.0205. The summed E-state index contributed by atoms with van der Waals surface area (Å²) in [5.41, 5.74) is 1.15. The van der Waals surface area contributed by atoms with E-state index in [4.69, 9.17) is 0 Å². The first-order valence-electron chi connectivity index (χ1n) is 6.70. The van der Waals surface area contributed by atoms with Gasteiger partial charge in [-0.3, -0.25) is 14.5 Å². The van der Waals surface area contributed by atoms with E-state index in [-0.39, 0.29) is 5.91 Å². The molecule has 1 heterocycles. The maximum Gasteiger partial charge on any atom is 0.253 e. The molecule has 1 aliphatic rings. The predicted octanol–water partition coefficient (Wildman–Crippen LogP) is 1.67. The molecule has 0 aromatic heterocycles. The summed E-state index contributed by atoms with van der Waals surface area (Å²) < 4.78 is 0. The minimum Gasteiger partial charge on any atom is -0.336 e. The second-order valence-corrected chi connectivity index (χ2v) is 5.17. The molecule has 0 atom stereocenters. The van der Waals surface area contributed by atoms with Gasteiger partial charge in [-0.2, -0.15) is 0 Å². The second-order valence-electron chi connectivity index (χ2n) is 5.17. The summed E-state index contributed by atoms with van der Waals surface area (Å²) in [6, 6.07) is 7.41. The zero-order valence-corrected chi connectivity index (χ0v) is 11.5. The van der Waals surface area contributed by atoms with Crippen LogP contribution in [0.4, 0.5) is 0 Å². The number of carbonyl (C=O) groups is 2. The largest absolute Gasteiger partial charge is 0.336 e. The molecular formula is C15H20N2O2. The Morgan fingerprint density at radius 3 is 2.47 bits per heavy atom. The highest BCUT2D eigenvalue weighted by Crippen LogP contribution is 2.11. The summed E-state index contributed by atoms with van der Waals surface area (Å²) in [7, 11) is 0. The first-order chi connectivity index (χ1) is 9.11. The Balaban J connectivity index is 2.03. The SMILES string of the molecule is CC(C)N1CCN(C(=O)c2cccc(C=O)c2)CC1. The van der Waals surface area contributed by atoms with Gasteiger partial charge < -0.3 is 4.90 Å². The van der Waals surface area contributed by atoms with Crippen LogP contribution < -0.4 is 0 Å². The van der Waals surface area contributed by atoms with Crippen molar-refractivity contribution in [1.82, 2.24) is 9.80 Å². The van der Waals surface area contributed by atoms with E-state index in [1.165, 1.54) is 0 Å². The fraction of sp³-hybridized carbons (Fsp3) is 0.467. The third-order valence-corrected chi connectivity index (χ3v) is 3.60. The lowest BCUT2D eigenvalue weighted by molar-refractivity contribution is 0.0595. The van der Waals surface area contributed by atoms with Gasteiger partial charge in [-0.05, 0) is 26.0 Å². The van der Waals surface area contributed by atoms with E-state index in [2.05, 4.69) is 18.7 Å². The molecule has 1 aliphatic heterocycles. The van der Waals surface area contributed by atoms with Crippen molar-refractivity contribution in [1.29, 1.82) is 0 Å². The Bertz CT molecular complexity index is 463. The number of piperazine rings is 1. The molecule has 0 unspecified atom stereocenters. The van der Waals surface area contributed by atoms with Gasteiger partial charge in [0.15, 0.2) is 0 Å². The molecule has 1 fully saturated rings. The van der Waals surface area contributed by atoms with Crippen LogP contribution in [0.15, 0.2) is 24.3 Å². The molecule has 4 nitrogen and oxygen atoms in total. The number of hydrogen-bond acceptors (Lipinski definition) is 3. The Morgan fingerprint density at radius 2 is 1.89 bits per heavy atom. The van der Waals surface area contributed by atoms with Crippen LogP contribution in [-0.4, -0.2) is 54.2 Å². The fourth-order valence-electron chi connectivity index (χ4n) is 2.37. The molecule has 0 radical (unpaired) electrons. The first kappa shape index (κ1) is 13.7. The summed E-state index contributed by atoms with van der Waals surface area (Å²) >= 11 is 0. The zero-order chi connectivity index (χ0) is 13.8. The summed E-state index contributed by atoms with van der Waals surface area (Å²) in [6.07, 6.45) is 0.771. The molecule has 0 saturated carbocycles. The Labute approximate surface area is 114 Å². The van der Waals surface area contributed by atoms with Gasteiger partial charge in [0.2, 0.25) is 0 Å². The predicted molar refractivity (Wildman–Crippen MR) is 74.4 cm³/mol. The monoisotopic (exact) mass is 260 g/mol. The maximum absolute atomic E-state index is 12.3. The average Bonchev–Trinajstić information content (AvgIpc) is 2.46. The van der Waals surface area contributed by atoms with Crippen LogP contribution in [0.5, 0.6) is 0 Å². The molecule has 0 spiro atoms. The number of rotatable bonds is 3. The number of carbonyl (C=O) groups excluding carboxylic acids is 2. The van der Waals surface area contributed by atoms with Gasteiger partial charge in [0.05, 0.1) is 0 Å². The number of amides is 1. The molecular weight excluding hydrogens is 240 g/mol. The minimum absolute atomic E-state index is 0.0205. The van der Waals surface area contributed by atoms with Crippen molar-refractivity contribution >= 4 is 12.2 Å². The van der Waals surface area contributed by atoms with E-state index in [1.807, 2.05) is 4.90 Å². The average molecular weight is 260 g/mol. The fourth-order valence-corrected chi connectivity index (χ4v) is 2.37. The number of benzene rings is 1. The number of aldehydes is 1. The highest BCUT2D eigenvalue weighted by Gasteiger charge is 2.23. The zero-order valence-electron chi connectivity index (χ0n) is 11.5. The Kier molecular flexibility index (Phi) is 4.32. The molecule has 4 heteroatoms. The van der Waals surface area contributed by atoms with E-state index in [0.717, 1.165) is 32.5 Å². The summed E-state index contributed by atoms with van der Waals surface area (Å²) in [6.45, 7) is 7.67. The van der Waals surface area contributed by atoms with Gasteiger partial charge in [0.1, 0.15) is 6.29 Å². The lowest BCUT2D eigenvalue weighted by Crippen LogP contribution is -2.50. The quantitative estimate of drug-likeness (QED) is 0.776. The van der Waals surface area contributed by atoms with E-state index in [1.54, 1.807) is 24.3 Å². The van der Waals surface area contributed by atoms with Crippen molar-refractivity contribution in [2.45, 2.75) is 19.9 Å². The smallest absolute Gasteiger partial charge is 0.253 e. The van der Waals surface area contributed by atoms with Crippen LogP contribution in [-0.2, 0) is 0 Å². The van der Waals surface area contributed by atoms with Crippen molar-refractivity contribution in [3.8, 4) is 0 Å². The van der Waals surface area contributed by atoms with Gasteiger partial charge in [-0.15, -0.1) is 0 Å². The summed E-state index contributed by atoms with van der Waals surface area (Å²) in [5.74, 6) is 0.0205. The molecule has 19 heavy (non-hydrogen) atoms. The molecule has 1 aromatic carbocycles. The van der Waals surface area contributed by atoms with Crippen molar-refractivity contribution in [2.75, 3.05) is 26.2 Å². The highest BCUT2D eigenvalue weighted by atomic mass is 16.2. The van der Waals surface area contributed by atoms with Gasteiger partial charge in [-0.25, -0.2) is 0 Å². The summed E-state index contributed by atoms with van der Waals surface area (Å²) in [5, 5.41) is 0. The third kappa shape index (κ3) is 3.20. The maximum atomic E-state index is 12.3. The van der Waals surface area contributed by atoms with Gasteiger partial charge in [-0.1, -0.05) is 12.1 Å². The van der Waals surface area contributed by atoms with Crippen LogP contribution in [0.25, 0.3) is 0 Å². The first-order valence-corrected chi connectivity index (χ1v) is 6.70. The molecule has 2 rings (SSSR count). The normalized spacial score (nSPS) is 16.7. The lowest BCUT2D eigenvalue weighted by Gasteiger charge is -2.37. The molecule has 0 aliphatic carbocycles. The van der Waals surface area contributed by atoms with Crippen LogP contribution in [0.3, 0.4) is 0 Å². The molecule has 0 bridgehead atoms. The molecule has 1 saturated heterocycles. The molecule has 102 valence electrons. The Morgan fingerprint density at radius 1 is 1.21 bits per heavy atom. The van der Waals surface area contributed by atoms with Crippen LogP contribution in [0.1, 0.15) is 34.6 Å². The Hall–Kier alpha value is -1.68.